The van der Waals surface area contributed by atoms with Crippen LogP contribution in [0.2, 0.25) is 10.0 Å². The summed E-state index contributed by atoms with van der Waals surface area (Å²) in [5, 5.41) is 13.2. The number of thioether (sulfide) groups is 1. The normalized spacial score (nSPS) is 11.1. The molecule has 1 N–H and O–H groups in total. The summed E-state index contributed by atoms with van der Waals surface area (Å²) in [6.45, 7) is 0. The SMILES string of the molecule is O=C(CSc1nnc(-c2ccco2)n1-c1ccc(F)cc1)Nc1ncc(Cc2cccc(Cl)c2Cl)s1. The van der Waals surface area contributed by atoms with Gasteiger partial charge in [0.25, 0.3) is 0 Å². The van der Waals surface area contributed by atoms with Crippen molar-refractivity contribution < 1.29 is 13.6 Å². The van der Waals surface area contributed by atoms with Crippen molar-refractivity contribution in [2.45, 2.75) is 11.6 Å². The fourth-order valence-electron chi connectivity index (χ4n) is 3.36. The molecule has 0 fully saturated rings. The van der Waals surface area contributed by atoms with E-state index in [1.165, 1.54) is 41.5 Å². The fourth-order valence-corrected chi connectivity index (χ4v) is 5.35. The number of aromatic nitrogens is 4. The quantitative estimate of drug-likeness (QED) is 0.211. The van der Waals surface area contributed by atoms with Crippen LogP contribution >= 0.6 is 46.3 Å². The molecule has 0 spiro atoms. The lowest BCUT2D eigenvalue weighted by atomic mass is 10.1. The zero-order valence-electron chi connectivity index (χ0n) is 18.3. The number of furan rings is 1. The van der Waals surface area contributed by atoms with Gasteiger partial charge in [0.05, 0.1) is 27.7 Å². The molecular formula is C24H16Cl2FN5O2S2. The number of carbonyl (C=O) groups excluding carboxylic acids is 1. The zero-order chi connectivity index (χ0) is 25.1. The number of benzene rings is 2. The highest BCUT2D eigenvalue weighted by Crippen LogP contribution is 2.31. The maximum absolute atomic E-state index is 13.5. The number of carbonyl (C=O) groups is 1. The second kappa shape index (κ2) is 10.8. The Labute approximate surface area is 223 Å². The van der Waals surface area contributed by atoms with Crippen molar-refractivity contribution in [3.05, 3.63) is 93.4 Å². The van der Waals surface area contributed by atoms with E-state index in [0.717, 1.165) is 10.4 Å². The van der Waals surface area contributed by atoms with E-state index >= 15 is 0 Å². The molecular weight excluding hydrogens is 544 g/mol. The molecule has 5 rings (SSSR count). The minimum atomic E-state index is -0.361. The predicted molar refractivity (Wildman–Crippen MR) is 140 cm³/mol. The Morgan fingerprint density at radius 2 is 1.94 bits per heavy atom. The lowest BCUT2D eigenvalue weighted by Gasteiger charge is -2.09. The summed E-state index contributed by atoms with van der Waals surface area (Å²) in [4.78, 5) is 17.9. The van der Waals surface area contributed by atoms with Crippen LogP contribution in [0.4, 0.5) is 9.52 Å². The van der Waals surface area contributed by atoms with E-state index in [1.807, 2.05) is 12.1 Å². The Kier molecular flexibility index (Phi) is 7.38. The smallest absolute Gasteiger partial charge is 0.236 e. The van der Waals surface area contributed by atoms with Crippen LogP contribution in [0.5, 0.6) is 0 Å². The summed E-state index contributed by atoms with van der Waals surface area (Å²) in [5.41, 5.74) is 1.52. The van der Waals surface area contributed by atoms with Crippen LogP contribution in [0, 0.1) is 5.82 Å². The van der Waals surface area contributed by atoms with E-state index in [-0.39, 0.29) is 17.5 Å². The first-order valence-electron chi connectivity index (χ1n) is 10.5. The largest absolute Gasteiger partial charge is 0.461 e. The Morgan fingerprint density at radius 3 is 2.72 bits per heavy atom. The van der Waals surface area contributed by atoms with Crippen molar-refractivity contribution in [2.75, 3.05) is 11.1 Å². The summed E-state index contributed by atoms with van der Waals surface area (Å²) in [6.07, 6.45) is 3.78. The molecule has 0 radical (unpaired) electrons. The molecule has 0 atom stereocenters. The van der Waals surface area contributed by atoms with Crippen LogP contribution in [0.15, 0.2) is 76.6 Å². The van der Waals surface area contributed by atoms with Gasteiger partial charge in [-0.25, -0.2) is 9.37 Å². The predicted octanol–water partition coefficient (Wildman–Crippen LogP) is 6.75. The van der Waals surface area contributed by atoms with E-state index in [2.05, 4.69) is 20.5 Å². The summed E-state index contributed by atoms with van der Waals surface area (Å²) in [6, 6.07) is 14.9. The Balaban J connectivity index is 1.27. The van der Waals surface area contributed by atoms with Gasteiger partial charge in [-0.05, 0) is 48.0 Å². The number of anilines is 1. The Hall–Kier alpha value is -3.18. The van der Waals surface area contributed by atoms with Crippen LogP contribution in [-0.4, -0.2) is 31.4 Å². The number of halogens is 3. The molecule has 7 nitrogen and oxygen atoms in total. The minimum absolute atomic E-state index is 0.0620. The second-order valence-electron chi connectivity index (χ2n) is 7.45. The van der Waals surface area contributed by atoms with Gasteiger partial charge in [-0.15, -0.1) is 21.5 Å². The average molecular weight is 560 g/mol. The highest BCUT2D eigenvalue weighted by Gasteiger charge is 2.19. The molecule has 3 aromatic heterocycles. The van der Waals surface area contributed by atoms with Gasteiger partial charge in [-0.3, -0.25) is 9.36 Å². The maximum Gasteiger partial charge on any atom is 0.236 e. The van der Waals surface area contributed by atoms with Crippen molar-refractivity contribution in [1.82, 2.24) is 19.7 Å². The van der Waals surface area contributed by atoms with E-state index in [4.69, 9.17) is 27.6 Å². The van der Waals surface area contributed by atoms with Crippen LogP contribution < -0.4 is 5.32 Å². The van der Waals surface area contributed by atoms with E-state index in [9.17, 15) is 9.18 Å². The molecule has 0 aliphatic rings. The number of nitrogens with zero attached hydrogens (tertiary/aromatic N) is 4. The number of nitrogens with one attached hydrogen (secondary N) is 1. The highest BCUT2D eigenvalue weighted by atomic mass is 35.5. The summed E-state index contributed by atoms with van der Waals surface area (Å²) >= 11 is 14.9. The molecule has 5 aromatic rings. The van der Waals surface area contributed by atoms with E-state index in [1.54, 1.807) is 41.1 Å². The molecule has 0 saturated heterocycles. The van der Waals surface area contributed by atoms with Crippen LogP contribution in [0.25, 0.3) is 17.3 Å². The number of hydrogen-bond acceptors (Lipinski definition) is 7. The molecule has 0 aliphatic carbocycles. The summed E-state index contributed by atoms with van der Waals surface area (Å²) < 4.78 is 20.7. The molecule has 0 saturated carbocycles. The molecule has 0 aliphatic heterocycles. The van der Waals surface area contributed by atoms with E-state index in [0.29, 0.717) is 44.0 Å². The van der Waals surface area contributed by atoms with Gasteiger partial charge in [-0.1, -0.05) is 47.1 Å². The molecule has 36 heavy (non-hydrogen) atoms. The molecule has 182 valence electrons. The standard InChI is InChI=1S/C24H16Cl2FN5O2S2/c25-18-4-1-3-14(21(18)26)11-17-12-28-23(36-17)29-20(33)13-35-24-31-30-22(19-5-2-10-34-19)32(24)16-8-6-15(27)7-9-16/h1-10,12H,11,13H2,(H,28,29,33). The third-order valence-corrected chi connectivity index (χ3v) is 7.69. The lowest BCUT2D eigenvalue weighted by Crippen LogP contribution is -2.14. The zero-order valence-corrected chi connectivity index (χ0v) is 21.5. The molecule has 3 heterocycles. The van der Waals surface area contributed by atoms with Crippen molar-refractivity contribution in [3.63, 3.8) is 0 Å². The van der Waals surface area contributed by atoms with Gasteiger partial charge < -0.3 is 9.73 Å². The summed E-state index contributed by atoms with van der Waals surface area (Å²) in [5.74, 6) is 0.388. The first kappa shape index (κ1) is 24.5. The van der Waals surface area contributed by atoms with Gasteiger partial charge in [-0.2, -0.15) is 0 Å². The topological polar surface area (TPSA) is 85.8 Å². The molecule has 0 bridgehead atoms. The highest BCUT2D eigenvalue weighted by molar-refractivity contribution is 7.99. The van der Waals surface area contributed by atoms with Gasteiger partial charge >= 0.3 is 0 Å². The van der Waals surface area contributed by atoms with Crippen LogP contribution in [0.1, 0.15) is 10.4 Å². The molecule has 2 aromatic carbocycles. The number of amides is 1. The Bertz CT molecular complexity index is 1500. The second-order valence-corrected chi connectivity index (χ2v) is 10.3. The first-order chi connectivity index (χ1) is 17.5. The van der Waals surface area contributed by atoms with Crippen LogP contribution in [0.3, 0.4) is 0 Å². The third kappa shape index (κ3) is 5.46. The number of thiazole rings is 1. The maximum atomic E-state index is 13.5. The minimum Gasteiger partial charge on any atom is -0.461 e. The Morgan fingerprint density at radius 1 is 1.11 bits per heavy atom. The average Bonchev–Trinajstić information content (AvgIpc) is 3.62. The van der Waals surface area contributed by atoms with Gasteiger partial charge in [0.1, 0.15) is 5.82 Å². The van der Waals surface area contributed by atoms with E-state index < -0.39 is 0 Å². The monoisotopic (exact) mass is 559 g/mol. The van der Waals surface area contributed by atoms with Gasteiger partial charge in [0, 0.05) is 17.5 Å². The number of hydrogen-bond donors (Lipinski definition) is 1. The van der Waals surface area contributed by atoms with Crippen molar-refractivity contribution >= 4 is 57.3 Å². The van der Waals surface area contributed by atoms with Crippen LogP contribution in [-0.2, 0) is 11.2 Å². The molecule has 0 unspecified atom stereocenters. The van der Waals surface area contributed by atoms with Crippen molar-refractivity contribution in [1.29, 1.82) is 0 Å². The van der Waals surface area contributed by atoms with Gasteiger partial charge in [0.2, 0.25) is 11.7 Å². The molecule has 1 amide bonds. The van der Waals surface area contributed by atoms with Crippen molar-refractivity contribution in [3.8, 4) is 17.3 Å². The number of rotatable bonds is 8. The summed E-state index contributed by atoms with van der Waals surface area (Å²) in [7, 11) is 0. The van der Waals surface area contributed by atoms with Gasteiger partial charge in [0.15, 0.2) is 16.0 Å². The first-order valence-corrected chi connectivity index (χ1v) is 13.1. The molecule has 12 heteroatoms. The third-order valence-electron chi connectivity index (χ3n) is 4.99. The van der Waals surface area contributed by atoms with Crippen molar-refractivity contribution in [2.24, 2.45) is 0 Å². The lowest BCUT2D eigenvalue weighted by molar-refractivity contribution is -0.113. The fraction of sp³-hybridized carbons (Fsp3) is 0.0833.